The van der Waals surface area contributed by atoms with E-state index < -0.39 is 12.2 Å². The maximum Gasteiger partial charge on any atom is 0.305 e. The first kappa shape index (κ1) is 56.8. The van der Waals surface area contributed by atoms with Crippen molar-refractivity contribution in [1.82, 2.24) is 4.90 Å². The summed E-state index contributed by atoms with van der Waals surface area (Å²) in [6.07, 6.45) is 37.1. The Labute approximate surface area is 363 Å². The molecule has 0 amide bonds. The molecular formula is C50H93NO8. The smallest absolute Gasteiger partial charge is 0.305 e. The maximum absolute atomic E-state index is 13.0. The second kappa shape index (κ2) is 45.3. The number of carbonyl (C=O) groups is 3. The molecule has 0 aromatic heterocycles. The number of hydrogen-bond donors (Lipinski definition) is 0. The predicted molar refractivity (Wildman–Crippen MR) is 244 cm³/mol. The van der Waals surface area contributed by atoms with E-state index in [9.17, 15) is 14.4 Å². The van der Waals surface area contributed by atoms with Crippen LogP contribution in [-0.4, -0.2) is 81.8 Å². The van der Waals surface area contributed by atoms with E-state index >= 15 is 0 Å². The summed E-state index contributed by atoms with van der Waals surface area (Å²) < 4.78 is 29.1. The van der Waals surface area contributed by atoms with E-state index in [1.54, 1.807) is 0 Å². The summed E-state index contributed by atoms with van der Waals surface area (Å²) in [6, 6.07) is 0. The van der Waals surface area contributed by atoms with Crippen LogP contribution in [-0.2, 0) is 38.1 Å². The maximum atomic E-state index is 13.0. The van der Waals surface area contributed by atoms with E-state index in [1.807, 2.05) is 0 Å². The standard InChI is InChI=1S/C50H93NO8/c1-6-11-14-17-20-21-22-23-24-25-26-27-28-29-32-36-47(52)57-43-46(44-58-48(53)37-35-40-51(9-4)10-5)45-59-49(54)38-39-50(55-41-33-30-18-15-12-7-2)56-42-34-31-19-16-13-8-3/h20-21,23-24,46,50H,6-19,22,25-45H2,1-5H3/b21-20-,24-23-. The zero-order valence-corrected chi connectivity index (χ0v) is 39.1. The van der Waals surface area contributed by atoms with Gasteiger partial charge in [-0.05, 0) is 77.4 Å². The van der Waals surface area contributed by atoms with Gasteiger partial charge in [-0.1, -0.05) is 155 Å². The summed E-state index contributed by atoms with van der Waals surface area (Å²) in [5.74, 6) is -1.38. The first-order chi connectivity index (χ1) is 28.9. The molecule has 0 aromatic carbocycles. The Kier molecular flexibility index (Phi) is 43.6. The van der Waals surface area contributed by atoms with Crippen LogP contribution in [0.25, 0.3) is 0 Å². The summed E-state index contributed by atoms with van der Waals surface area (Å²) in [5.41, 5.74) is 0. The van der Waals surface area contributed by atoms with Crippen LogP contribution >= 0.6 is 0 Å². The SMILES string of the molecule is CCCCC/C=C\C/C=C\CCCCCCCC(=O)OCC(COC(=O)CCCN(CC)CC)COC(=O)CCC(OCCCCCCCC)OCCCCCCCC. The van der Waals surface area contributed by atoms with Crippen molar-refractivity contribution in [2.24, 2.45) is 5.92 Å². The molecule has 0 N–H and O–H groups in total. The van der Waals surface area contributed by atoms with Crippen LogP contribution in [0.1, 0.15) is 214 Å². The van der Waals surface area contributed by atoms with Crippen LogP contribution < -0.4 is 0 Å². The van der Waals surface area contributed by atoms with Gasteiger partial charge in [0.1, 0.15) is 19.8 Å². The van der Waals surface area contributed by atoms with Crippen LogP contribution in [0.5, 0.6) is 0 Å². The molecule has 0 radical (unpaired) electrons. The van der Waals surface area contributed by atoms with Crippen LogP contribution in [0, 0.1) is 5.92 Å². The number of allylic oxidation sites excluding steroid dienone is 4. The van der Waals surface area contributed by atoms with E-state index in [4.69, 9.17) is 23.7 Å². The lowest BCUT2D eigenvalue weighted by Crippen LogP contribution is -2.27. The minimum absolute atomic E-state index is 0.00440. The highest BCUT2D eigenvalue weighted by Crippen LogP contribution is 2.14. The highest BCUT2D eigenvalue weighted by atomic mass is 16.7. The third-order valence-electron chi connectivity index (χ3n) is 10.7. The van der Waals surface area contributed by atoms with Crippen molar-refractivity contribution in [1.29, 1.82) is 0 Å². The largest absolute Gasteiger partial charge is 0.465 e. The summed E-state index contributed by atoms with van der Waals surface area (Å²) in [4.78, 5) is 40.5. The lowest BCUT2D eigenvalue weighted by molar-refractivity contribution is -0.162. The fourth-order valence-electron chi connectivity index (χ4n) is 6.71. The molecule has 9 heteroatoms. The Balaban J connectivity index is 4.82. The van der Waals surface area contributed by atoms with Gasteiger partial charge in [0, 0.05) is 32.5 Å². The molecule has 0 aliphatic rings. The fraction of sp³-hybridized carbons (Fsp3) is 0.860. The monoisotopic (exact) mass is 836 g/mol. The molecule has 1 atom stereocenters. The van der Waals surface area contributed by atoms with Crippen molar-refractivity contribution < 1.29 is 38.1 Å². The molecule has 0 spiro atoms. The van der Waals surface area contributed by atoms with Gasteiger partial charge in [0.15, 0.2) is 6.29 Å². The Bertz CT molecular complexity index is 979. The van der Waals surface area contributed by atoms with Crippen molar-refractivity contribution in [3.8, 4) is 0 Å². The first-order valence-corrected chi connectivity index (χ1v) is 24.6. The van der Waals surface area contributed by atoms with Gasteiger partial charge in [-0.3, -0.25) is 14.4 Å². The van der Waals surface area contributed by atoms with Crippen molar-refractivity contribution in [2.45, 2.75) is 221 Å². The van der Waals surface area contributed by atoms with Gasteiger partial charge in [0.05, 0.1) is 12.3 Å². The summed E-state index contributed by atoms with van der Waals surface area (Å²) in [6.45, 7) is 14.9. The lowest BCUT2D eigenvalue weighted by atomic mass is 10.1. The van der Waals surface area contributed by atoms with Crippen molar-refractivity contribution in [3.05, 3.63) is 24.3 Å². The Hall–Kier alpha value is -2.23. The zero-order chi connectivity index (χ0) is 43.3. The van der Waals surface area contributed by atoms with E-state index in [1.165, 1.54) is 77.0 Å². The van der Waals surface area contributed by atoms with E-state index in [0.29, 0.717) is 38.9 Å². The van der Waals surface area contributed by atoms with Gasteiger partial charge in [-0.25, -0.2) is 0 Å². The molecule has 59 heavy (non-hydrogen) atoms. The van der Waals surface area contributed by atoms with E-state index in [0.717, 1.165) is 90.3 Å². The fourth-order valence-corrected chi connectivity index (χ4v) is 6.71. The number of esters is 3. The minimum atomic E-state index is -0.447. The molecule has 9 nitrogen and oxygen atoms in total. The third kappa shape index (κ3) is 40.9. The number of carbonyl (C=O) groups excluding carboxylic acids is 3. The summed E-state index contributed by atoms with van der Waals surface area (Å²) in [5, 5.41) is 0. The van der Waals surface area contributed by atoms with E-state index in [-0.39, 0.29) is 44.1 Å². The highest BCUT2D eigenvalue weighted by molar-refractivity contribution is 5.70. The zero-order valence-electron chi connectivity index (χ0n) is 39.1. The van der Waals surface area contributed by atoms with Crippen LogP contribution in [0.4, 0.5) is 0 Å². The van der Waals surface area contributed by atoms with Gasteiger partial charge in [0.25, 0.3) is 0 Å². The molecule has 0 saturated heterocycles. The van der Waals surface area contributed by atoms with Gasteiger partial charge in [-0.15, -0.1) is 0 Å². The lowest BCUT2D eigenvalue weighted by Gasteiger charge is -2.20. The highest BCUT2D eigenvalue weighted by Gasteiger charge is 2.19. The number of nitrogens with zero attached hydrogens (tertiary/aromatic N) is 1. The number of rotatable bonds is 45. The Morgan fingerprint density at radius 2 is 0.864 bits per heavy atom. The quantitative estimate of drug-likeness (QED) is 0.0195. The second-order valence-corrected chi connectivity index (χ2v) is 16.3. The third-order valence-corrected chi connectivity index (χ3v) is 10.7. The molecular weight excluding hydrogens is 743 g/mol. The van der Waals surface area contributed by atoms with Crippen molar-refractivity contribution in [2.75, 3.05) is 52.7 Å². The van der Waals surface area contributed by atoms with Crippen LogP contribution in [0.15, 0.2) is 24.3 Å². The Morgan fingerprint density at radius 3 is 1.37 bits per heavy atom. The molecule has 346 valence electrons. The van der Waals surface area contributed by atoms with Crippen molar-refractivity contribution in [3.63, 3.8) is 0 Å². The van der Waals surface area contributed by atoms with Gasteiger partial charge in [-0.2, -0.15) is 0 Å². The van der Waals surface area contributed by atoms with Gasteiger partial charge in [0.2, 0.25) is 0 Å². The molecule has 0 bridgehead atoms. The average molecular weight is 836 g/mol. The molecule has 0 aliphatic heterocycles. The Morgan fingerprint density at radius 1 is 0.458 bits per heavy atom. The van der Waals surface area contributed by atoms with Gasteiger partial charge >= 0.3 is 17.9 Å². The molecule has 0 fully saturated rings. The molecule has 0 heterocycles. The van der Waals surface area contributed by atoms with Crippen LogP contribution in [0.2, 0.25) is 0 Å². The topological polar surface area (TPSA) is 101 Å². The molecule has 1 unspecified atom stereocenters. The second-order valence-electron chi connectivity index (χ2n) is 16.3. The van der Waals surface area contributed by atoms with E-state index in [2.05, 4.69) is 63.8 Å². The first-order valence-electron chi connectivity index (χ1n) is 24.6. The predicted octanol–water partition coefficient (Wildman–Crippen LogP) is 13.0. The minimum Gasteiger partial charge on any atom is -0.465 e. The average Bonchev–Trinajstić information content (AvgIpc) is 3.24. The van der Waals surface area contributed by atoms with Crippen LogP contribution in [0.3, 0.4) is 0 Å². The summed E-state index contributed by atoms with van der Waals surface area (Å²) >= 11 is 0. The molecule has 0 aromatic rings. The molecule has 0 aliphatic carbocycles. The molecule has 0 rings (SSSR count). The summed E-state index contributed by atoms with van der Waals surface area (Å²) in [7, 11) is 0. The van der Waals surface area contributed by atoms with Gasteiger partial charge < -0.3 is 28.6 Å². The number of unbranched alkanes of at least 4 members (excludes halogenated alkanes) is 18. The number of hydrogen-bond acceptors (Lipinski definition) is 9. The van der Waals surface area contributed by atoms with Crippen molar-refractivity contribution >= 4 is 17.9 Å². The molecule has 0 saturated carbocycles. The normalized spacial score (nSPS) is 12.3. The number of ether oxygens (including phenoxy) is 5.